The maximum absolute atomic E-state index is 12.3. The molecule has 4 nitrogen and oxygen atoms in total. The van der Waals surface area contributed by atoms with Crippen LogP contribution in [0.5, 0.6) is 0 Å². The smallest absolute Gasteiger partial charge is 0.256 e. The van der Waals surface area contributed by atoms with Crippen LogP contribution in [0.1, 0.15) is 13.3 Å². The van der Waals surface area contributed by atoms with Crippen LogP contribution in [0.3, 0.4) is 0 Å². The Morgan fingerprint density at radius 1 is 1.47 bits per heavy atom. The van der Waals surface area contributed by atoms with E-state index in [1.165, 1.54) is 0 Å². The molecule has 0 saturated carbocycles. The lowest BCUT2D eigenvalue weighted by Crippen LogP contribution is -2.39. The van der Waals surface area contributed by atoms with Crippen LogP contribution in [0.4, 0.5) is 11.4 Å². The number of nitrogens with zero attached hydrogens (tertiary/aromatic N) is 1. The molecule has 0 radical (unpaired) electrons. The van der Waals surface area contributed by atoms with E-state index in [-0.39, 0.29) is 17.9 Å². The van der Waals surface area contributed by atoms with Gasteiger partial charge in [0.25, 0.3) is 5.91 Å². The highest BCUT2D eigenvalue weighted by Crippen LogP contribution is 2.26. The van der Waals surface area contributed by atoms with E-state index in [2.05, 4.69) is 0 Å². The number of carbonyl (C=O) groups excluding carboxylic acids is 1. The normalized spacial score (nSPS) is 23.6. The van der Waals surface area contributed by atoms with E-state index in [0.717, 1.165) is 12.1 Å². The van der Waals surface area contributed by atoms with Gasteiger partial charge in [-0.05, 0) is 24.5 Å². The minimum atomic E-state index is -0.334. The molecule has 0 spiro atoms. The van der Waals surface area contributed by atoms with Gasteiger partial charge in [-0.2, -0.15) is 0 Å². The van der Waals surface area contributed by atoms with Gasteiger partial charge in [0.2, 0.25) is 0 Å². The van der Waals surface area contributed by atoms with Crippen LogP contribution in [0, 0.1) is 5.92 Å². The molecule has 1 saturated heterocycles. The molecule has 17 heavy (non-hydrogen) atoms. The molecule has 1 aliphatic rings. The van der Waals surface area contributed by atoms with Crippen molar-refractivity contribution < 1.29 is 9.53 Å². The van der Waals surface area contributed by atoms with Crippen molar-refractivity contribution in [1.82, 2.24) is 0 Å². The highest BCUT2D eigenvalue weighted by Gasteiger charge is 2.33. The molecule has 4 heteroatoms. The predicted molar refractivity (Wildman–Crippen MR) is 67.8 cm³/mol. The highest BCUT2D eigenvalue weighted by atomic mass is 16.5. The summed E-state index contributed by atoms with van der Waals surface area (Å²) < 4.78 is 5.48. The molecule has 1 aromatic rings. The average molecular weight is 234 g/mol. The Labute approximate surface area is 101 Å². The van der Waals surface area contributed by atoms with Crippen molar-refractivity contribution in [2.24, 2.45) is 5.92 Å². The van der Waals surface area contributed by atoms with Crippen molar-refractivity contribution in [3.8, 4) is 0 Å². The summed E-state index contributed by atoms with van der Waals surface area (Å²) in [6, 6.07) is 7.35. The summed E-state index contributed by atoms with van der Waals surface area (Å²) in [7, 11) is 1.74. The number of amides is 1. The van der Waals surface area contributed by atoms with Crippen LogP contribution in [-0.2, 0) is 9.53 Å². The van der Waals surface area contributed by atoms with Crippen molar-refractivity contribution in [2.45, 2.75) is 19.4 Å². The van der Waals surface area contributed by atoms with Crippen LogP contribution in [-0.4, -0.2) is 25.7 Å². The Hall–Kier alpha value is -1.55. The number of para-hydroxylation sites is 2. The molecule has 92 valence electrons. The molecule has 0 bridgehead atoms. The van der Waals surface area contributed by atoms with E-state index in [1.807, 2.05) is 25.1 Å². The quantitative estimate of drug-likeness (QED) is 0.792. The zero-order valence-corrected chi connectivity index (χ0v) is 10.2. The van der Waals surface area contributed by atoms with Crippen molar-refractivity contribution in [3.63, 3.8) is 0 Å². The molecule has 2 N–H and O–H groups in total. The lowest BCUT2D eigenvalue weighted by Gasteiger charge is -2.23. The zero-order chi connectivity index (χ0) is 12.4. The molecule has 2 rings (SSSR count). The number of nitrogen functional groups attached to an aromatic ring is 1. The summed E-state index contributed by atoms with van der Waals surface area (Å²) in [5, 5.41) is 0. The fourth-order valence-corrected chi connectivity index (χ4v) is 2.11. The number of carbonyl (C=O) groups is 1. The Bertz CT molecular complexity index is 420. The Morgan fingerprint density at radius 2 is 2.18 bits per heavy atom. The van der Waals surface area contributed by atoms with Crippen LogP contribution in [0.15, 0.2) is 24.3 Å². The highest BCUT2D eigenvalue weighted by molar-refractivity contribution is 5.98. The average Bonchev–Trinajstić information content (AvgIpc) is 2.74. The fraction of sp³-hybridized carbons (Fsp3) is 0.462. The molecule has 1 aromatic carbocycles. The van der Waals surface area contributed by atoms with Gasteiger partial charge in [0.15, 0.2) is 0 Å². The third-order valence-electron chi connectivity index (χ3n) is 3.26. The van der Waals surface area contributed by atoms with Gasteiger partial charge in [-0.3, -0.25) is 4.79 Å². The first-order valence-electron chi connectivity index (χ1n) is 5.85. The van der Waals surface area contributed by atoms with E-state index in [0.29, 0.717) is 12.3 Å². The number of hydrogen-bond acceptors (Lipinski definition) is 3. The summed E-state index contributed by atoms with van der Waals surface area (Å²) in [6.07, 6.45) is 0.605. The fourth-order valence-electron chi connectivity index (χ4n) is 2.11. The molecule has 1 amide bonds. The van der Waals surface area contributed by atoms with E-state index in [4.69, 9.17) is 10.5 Å². The first-order chi connectivity index (χ1) is 8.11. The summed E-state index contributed by atoms with van der Waals surface area (Å²) in [6.45, 7) is 2.70. The van der Waals surface area contributed by atoms with Crippen molar-refractivity contribution in [1.29, 1.82) is 0 Å². The van der Waals surface area contributed by atoms with Crippen LogP contribution >= 0.6 is 0 Å². The standard InChI is InChI=1S/C13H18N2O2/c1-9-7-8-17-12(9)13(16)15(2)11-6-4-3-5-10(11)14/h3-6,9,12H,7-8,14H2,1-2H3. The Balaban J connectivity index is 2.17. The number of rotatable bonds is 2. The molecule has 1 fully saturated rings. The maximum Gasteiger partial charge on any atom is 0.256 e. The first kappa shape index (κ1) is 11.9. The van der Waals surface area contributed by atoms with Gasteiger partial charge in [-0.1, -0.05) is 19.1 Å². The summed E-state index contributed by atoms with van der Waals surface area (Å²) in [4.78, 5) is 13.8. The monoisotopic (exact) mass is 234 g/mol. The van der Waals surface area contributed by atoms with Gasteiger partial charge >= 0.3 is 0 Å². The lowest BCUT2D eigenvalue weighted by molar-refractivity contribution is -0.128. The second-order valence-electron chi connectivity index (χ2n) is 4.51. The zero-order valence-electron chi connectivity index (χ0n) is 10.2. The van der Waals surface area contributed by atoms with Crippen LogP contribution < -0.4 is 10.6 Å². The molecule has 0 aromatic heterocycles. The van der Waals surface area contributed by atoms with Gasteiger partial charge < -0.3 is 15.4 Å². The van der Waals surface area contributed by atoms with Crippen LogP contribution in [0.2, 0.25) is 0 Å². The van der Waals surface area contributed by atoms with E-state index < -0.39 is 0 Å². The SMILES string of the molecule is CC1CCOC1C(=O)N(C)c1ccccc1N. The van der Waals surface area contributed by atoms with Crippen molar-refractivity contribution >= 4 is 17.3 Å². The summed E-state index contributed by atoms with van der Waals surface area (Å²) in [5.41, 5.74) is 7.20. The molecule has 1 heterocycles. The number of hydrogen-bond donors (Lipinski definition) is 1. The van der Waals surface area contributed by atoms with Crippen molar-refractivity contribution in [2.75, 3.05) is 24.3 Å². The topological polar surface area (TPSA) is 55.6 Å². The second-order valence-corrected chi connectivity index (χ2v) is 4.51. The molecular weight excluding hydrogens is 216 g/mol. The Morgan fingerprint density at radius 3 is 2.76 bits per heavy atom. The molecule has 2 unspecified atom stereocenters. The number of likely N-dealkylation sites (N-methyl/N-ethyl adjacent to an activating group) is 1. The predicted octanol–water partition coefficient (Wildman–Crippen LogP) is 1.66. The van der Waals surface area contributed by atoms with Crippen molar-refractivity contribution in [3.05, 3.63) is 24.3 Å². The molecule has 0 aliphatic carbocycles. The van der Waals surface area contributed by atoms with Gasteiger partial charge in [0.05, 0.1) is 11.4 Å². The number of anilines is 2. The molecule has 1 aliphatic heterocycles. The van der Waals surface area contributed by atoms with Gasteiger partial charge in [-0.25, -0.2) is 0 Å². The van der Waals surface area contributed by atoms with Crippen LogP contribution in [0.25, 0.3) is 0 Å². The number of benzene rings is 1. The summed E-state index contributed by atoms with van der Waals surface area (Å²) >= 11 is 0. The van der Waals surface area contributed by atoms with Gasteiger partial charge in [-0.15, -0.1) is 0 Å². The number of ether oxygens (including phenoxy) is 1. The Kier molecular flexibility index (Phi) is 3.33. The number of nitrogens with two attached hydrogens (primary N) is 1. The van der Waals surface area contributed by atoms with E-state index in [9.17, 15) is 4.79 Å². The van der Waals surface area contributed by atoms with Gasteiger partial charge in [0.1, 0.15) is 6.10 Å². The summed E-state index contributed by atoms with van der Waals surface area (Å²) in [5.74, 6) is 0.253. The minimum absolute atomic E-state index is 0.0205. The maximum atomic E-state index is 12.3. The third-order valence-corrected chi connectivity index (χ3v) is 3.26. The third kappa shape index (κ3) is 2.26. The van der Waals surface area contributed by atoms with E-state index >= 15 is 0 Å². The molecular formula is C13H18N2O2. The first-order valence-corrected chi connectivity index (χ1v) is 5.85. The molecule has 2 atom stereocenters. The largest absolute Gasteiger partial charge is 0.397 e. The lowest BCUT2D eigenvalue weighted by atomic mass is 10.0. The van der Waals surface area contributed by atoms with Gasteiger partial charge in [0, 0.05) is 13.7 Å². The minimum Gasteiger partial charge on any atom is -0.397 e. The second kappa shape index (κ2) is 4.75. The van der Waals surface area contributed by atoms with E-state index in [1.54, 1.807) is 18.0 Å².